The van der Waals surface area contributed by atoms with Crippen LogP contribution in [-0.2, 0) is 4.74 Å². The molecule has 0 aromatic rings. The number of nitrogens with one attached hydrogen (secondary N) is 1. The second kappa shape index (κ2) is 5.10. The lowest BCUT2D eigenvalue weighted by Gasteiger charge is -2.24. The van der Waals surface area contributed by atoms with Gasteiger partial charge in [0, 0.05) is 13.1 Å². The molecule has 0 amide bonds. The lowest BCUT2D eigenvalue weighted by Crippen LogP contribution is -2.38. The molecule has 1 aliphatic rings. The van der Waals surface area contributed by atoms with E-state index in [2.05, 4.69) is 5.32 Å². The smallest absolute Gasteiger partial charge is 0.182 e. The van der Waals surface area contributed by atoms with E-state index in [1.807, 2.05) is 13.1 Å². The minimum Gasteiger partial charge on any atom is -0.432 e. The summed E-state index contributed by atoms with van der Waals surface area (Å²) in [7, 11) is -1.82. The molecule has 1 atom stereocenters. The molecule has 0 aromatic heterocycles. The van der Waals surface area contributed by atoms with Crippen molar-refractivity contribution >= 4 is 8.32 Å². The molecule has 78 valence electrons. The standard InChI is InChI=1S/C9H21NO2Si/c1-13(2,11)7-3-4-9-8-10-5-6-12-9/h9-11H,3-8H2,1-2H3. The number of hydrogen-bond donors (Lipinski definition) is 2. The number of hydrogen-bond acceptors (Lipinski definition) is 3. The molecule has 13 heavy (non-hydrogen) atoms. The van der Waals surface area contributed by atoms with E-state index in [1.54, 1.807) is 0 Å². The summed E-state index contributed by atoms with van der Waals surface area (Å²) in [4.78, 5) is 9.63. The summed E-state index contributed by atoms with van der Waals surface area (Å²) in [5.74, 6) is 0. The molecule has 1 rings (SSSR count). The summed E-state index contributed by atoms with van der Waals surface area (Å²) in [6.07, 6.45) is 2.57. The molecule has 1 fully saturated rings. The van der Waals surface area contributed by atoms with Crippen molar-refractivity contribution in [3.63, 3.8) is 0 Å². The predicted octanol–water partition coefficient (Wildman–Crippen LogP) is 0.952. The Labute approximate surface area is 81.6 Å². The summed E-state index contributed by atoms with van der Waals surface area (Å²) >= 11 is 0. The van der Waals surface area contributed by atoms with E-state index in [4.69, 9.17) is 4.74 Å². The Hall–Kier alpha value is 0.0969. The van der Waals surface area contributed by atoms with Crippen LogP contribution in [0.4, 0.5) is 0 Å². The normalized spacial score (nSPS) is 24.7. The number of ether oxygens (including phenoxy) is 1. The van der Waals surface area contributed by atoms with E-state index >= 15 is 0 Å². The van der Waals surface area contributed by atoms with Crippen LogP contribution in [-0.4, -0.2) is 38.9 Å². The Bertz CT molecular complexity index is 141. The first-order valence-electron chi connectivity index (χ1n) is 5.13. The zero-order valence-electron chi connectivity index (χ0n) is 8.68. The Balaban J connectivity index is 2.04. The Kier molecular flexibility index (Phi) is 4.38. The first-order chi connectivity index (χ1) is 6.08. The molecule has 0 aromatic carbocycles. The van der Waals surface area contributed by atoms with Crippen LogP contribution in [0.1, 0.15) is 12.8 Å². The summed E-state index contributed by atoms with van der Waals surface area (Å²) < 4.78 is 5.56. The van der Waals surface area contributed by atoms with Crippen molar-refractivity contribution in [1.29, 1.82) is 0 Å². The summed E-state index contributed by atoms with van der Waals surface area (Å²) in [6, 6.07) is 0.993. The van der Waals surface area contributed by atoms with E-state index in [9.17, 15) is 4.80 Å². The van der Waals surface area contributed by atoms with Crippen molar-refractivity contribution in [2.45, 2.75) is 38.1 Å². The molecule has 1 saturated heterocycles. The van der Waals surface area contributed by atoms with Gasteiger partial charge < -0.3 is 14.8 Å². The van der Waals surface area contributed by atoms with Gasteiger partial charge >= 0.3 is 0 Å². The number of rotatable bonds is 4. The maximum Gasteiger partial charge on any atom is 0.182 e. The van der Waals surface area contributed by atoms with Gasteiger partial charge in [0.25, 0.3) is 0 Å². The highest BCUT2D eigenvalue weighted by Crippen LogP contribution is 2.13. The van der Waals surface area contributed by atoms with Gasteiger partial charge in [-0.3, -0.25) is 0 Å². The van der Waals surface area contributed by atoms with Crippen LogP contribution in [0.15, 0.2) is 0 Å². The third kappa shape index (κ3) is 5.41. The average molecular weight is 203 g/mol. The quantitative estimate of drug-likeness (QED) is 0.669. The van der Waals surface area contributed by atoms with Crippen LogP contribution in [0.2, 0.25) is 19.1 Å². The Morgan fingerprint density at radius 1 is 1.54 bits per heavy atom. The molecule has 0 spiro atoms. The molecular weight excluding hydrogens is 182 g/mol. The van der Waals surface area contributed by atoms with Gasteiger partial charge in [0.05, 0.1) is 12.7 Å². The maximum atomic E-state index is 9.63. The second-order valence-corrected chi connectivity index (χ2v) is 8.53. The molecular formula is C9H21NO2Si. The van der Waals surface area contributed by atoms with Crippen molar-refractivity contribution in [2.75, 3.05) is 19.7 Å². The van der Waals surface area contributed by atoms with E-state index in [0.717, 1.165) is 38.6 Å². The third-order valence-corrected chi connectivity index (χ3v) is 3.90. The highest BCUT2D eigenvalue weighted by atomic mass is 28.4. The van der Waals surface area contributed by atoms with Gasteiger partial charge in [-0.2, -0.15) is 0 Å². The summed E-state index contributed by atoms with van der Waals surface area (Å²) in [5, 5.41) is 3.31. The van der Waals surface area contributed by atoms with Crippen molar-refractivity contribution in [3.8, 4) is 0 Å². The van der Waals surface area contributed by atoms with Crippen molar-refractivity contribution < 1.29 is 9.53 Å². The first-order valence-corrected chi connectivity index (χ1v) is 8.28. The Morgan fingerprint density at radius 2 is 2.31 bits per heavy atom. The number of morpholine rings is 1. The molecule has 1 aliphatic heterocycles. The van der Waals surface area contributed by atoms with Crippen LogP contribution in [0.3, 0.4) is 0 Å². The second-order valence-electron chi connectivity index (χ2n) is 4.40. The van der Waals surface area contributed by atoms with Crippen LogP contribution in [0.5, 0.6) is 0 Å². The SMILES string of the molecule is C[Si](C)(O)CCCC1CNCCO1. The van der Waals surface area contributed by atoms with Crippen LogP contribution >= 0.6 is 0 Å². The molecule has 0 bridgehead atoms. The largest absolute Gasteiger partial charge is 0.432 e. The molecule has 1 heterocycles. The van der Waals surface area contributed by atoms with Crippen LogP contribution in [0.25, 0.3) is 0 Å². The molecule has 0 radical (unpaired) electrons. The van der Waals surface area contributed by atoms with Gasteiger partial charge in [-0.15, -0.1) is 0 Å². The van der Waals surface area contributed by atoms with Gasteiger partial charge in [0.1, 0.15) is 0 Å². The predicted molar refractivity (Wildman–Crippen MR) is 56.4 cm³/mol. The first kappa shape index (κ1) is 11.2. The highest BCUT2D eigenvalue weighted by Gasteiger charge is 2.18. The topological polar surface area (TPSA) is 41.5 Å². The lowest BCUT2D eigenvalue weighted by atomic mass is 10.2. The molecule has 1 unspecified atom stereocenters. The zero-order valence-corrected chi connectivity index (χ0v) is 9.68. The van der Waals surface area contributed by atoms with E-state index in [1.165, 1.54) is 0 Å². The summed E-state index contributed by atoms with van der Waals surface area (Å²) in [6.45, 7) is 6.79. The van der Waals surface area contributed by atoms with Gasteiger partial charge in [-0.05, 0) is 25.6 Å². The third-order valence-electron chi connectivity index (χ3n) is 2.32. The van der Waals surface area contributed by atoms with Gasteiger partial charge in [0.2, 0.25) is 0 Å². The minimum atomic E-state index is -1.82. The van der Waals surface area contributed by atoms with Crippen molar-refractivity contribution in [2.24, 2.45) is 0 Å². The molecule has 4 heteroatoms. The molecule has 3 nitrogen and oxygen atoms in total. The fraction of sp³-hybridized carbons (Fsp3) is 1.00. The Morgan fingerprint density at radius 3 is 2.85 bits per heavy atom. The van der Waals surface area contributed by atoms with E-state index < -0.39 is 8.32 Å². The van der Waals surface area contributed by atoms with Crippen LogP contribution in [0, 0.1) is 0 Å². The van der Waals surface area contributed by atoms with Crippen molar-refractivity contribution in [3.05, 3.63) is 0 Å². The van der Waals surface area contributed by atoms with Gasteiger partial charge in [-0.25, -0.2) is 0 Å². The molecule has 0 saturated carbocycles. The van der Waals surface area contributed by atoms with E-state index in [-0.39, 0.29) is 0 Å². The fourth-order valence-electron chi connectivity index (χ4n) is 1.57. The molecule has 0 aliphatic carbocycles. The maximum absolute atomic E-state index is 9.63. The monoisotopic (exact) mass is 203 g/mol. The van der Waals surface area contributed by atoms with Gasteiger partial charge in [0.15, 0.2) is 8.32 Å². The van der Waals surface area contributed by atoms with Crippen LogP contribution < -0.4 is 5.32 Å². The highest BCUT2D eigenvalue weighted by molar-refractivity contribution is 6.69. The van der Waals surface area contributed by atoms with E-state index in [0.29, 0.717) is 6.10 Å². The minimum absolute atomic E-state index is 0.380. The van der Waals surface area contributed by atoms with Gasteiger partial charge in [-0.1, -0.05) is 6.42 Å². The lowest BCUT2D eigenvalue weighted by molar-refractivity contribution is 0.0231. The van der Waals surface area contributed by atoms with Crippen molar-refractivity contribution in [1.82, 2.24) is 5.32 Å². The average Bonchev–Trinajstić information content (AvgIpc) is 2.04. The fourth-order valence-corrected chi connectivity index (χ4v) is 2.64. The molecule has 2 N–H and O–H groups in total. The zero-order chi connectivity index (χ0) is 9.73. The summed E-state index contributed by atoms with van der Waals surface area (Å²) in [5.41, 5.74) is 0.